The van der Waals surface area contributed by atoms with E-state index in [1.54, 1.807) is 0 Å². The van der Waals surface area contributed by atoms with E-state index < -0.39 is 11.2 Å². The fraction of sp³-hybridized carbons (Fsp3) is 0.520. The molecule has 0 spiro atoms. The molecule has 5 heterocycles. The van der Waals surface area contributed by atoms with Gasteiger partial charge < -0.3 is 24.1 Å². The first-order valence-electron chi connectivity index (χ1n) is 12.1. The van der Waals surface area contributed by atoms with Gasteiger partial charge in [-0.05, 0) is 54.4 Å². The molecule has 2 saturated heterocycles. The monoisotopic (exact) mass is 465 g/mol. The molecule has 1 N–H and O–H groups in total. The van der Waals surface area contributed by atoms with Gasteiger partial charge in [0.2, 0.25) is 10.8 Å². The molecule has 174 valence electrons. The molecule has 1 atom stereocenters. The number of aromatic nitrogens is 3. The van der Waals surface area contributed by atoms with Crippen LogP contribution in [0.25, 0.3) is 10.9 Å². The van der Waals surface area contributed by atoms with Crippen LogP contribution in [0.2, 0.25) is 0 Å². The Morgan fingerprint density at radius 2 is 1.88 bits per heavy atom. The fourth-order valence-corrected chi connectivity index (χ4v) is 6.86. The van der Waals surface area contributed by atoms with Crippen LogP contribution in [0.1, 0.15) is 42.9 Å². The van der Waals surface area contributed by atoms with E-state index in [0.29, 0.717) is 17.7 Å². The summed E-state index contributed by atoms with van der Waals surface area (Å²) in [6.45, 7) is 3.41. The summed E-state index contributed by atoms with van der Waals surface area (Å²) in [6, 6.07) is 9.01. The van der Waals surface area contributed by atoms with Crippen LogP contribution < -0.4 is 10.2 Å². The summed E-state index contributed by atoms with van der Waals surface area (Å²) in [5.74, 6) is 2.78. The summed E-state index contributed by atoms with van der Waals surface area (Å²) >= 11 is -1.01. The highest BCUT2D eigenvalue weighted by Gasteiger charge is 2.34. The van der Waals surface area contributed by atoms with Gasteiger partial charge in [0.05, 0.1) is 0 Å². The minimum Gasteiger partial charge on any atom is -0.611 e. The lowest BCUT2D eigenvalue weighted by Crippen LogP contribution is -2.35. The van der Waals surface area contributed by atoms with Gasteiger partial charge in [0.1, 0.15) is 11.4 Å². The molecule has 0 aliphatic carbocycles. The third kappa shape index (κ3) is 3.98. The van der Waals surface area contributed by atoms with Gasteiger partial charge in [-0.3, -0.25) is 0 Å². The average Bonchev–Trinajstić information content (AvgIpc) is 3.40. The van der Waals surface area contributed by atoms with Crippen molar-refractivity contribution in [2.45, 2.75) is 49.0 Å². The maximum absolute atomic E-state index is 12.7. The maximum Gasteiger partial charge on any atom is 0.227 e. The highest BCUT2D eigenvalue weighted by Crippen LogP contribution is 2.37. The van der Waals surface area contributed by atoms with E-state index in [1.807, 2.05) is 0 Å². The Morgan fingerprint density at radius 1 is 1.09 bits per heavy atom. The number of nitrogens with one attached hydrogen (secondary N) is 1. The summed E-state index contributed by atoms with van der Waals surface area (Å²) in [6.07, 6.45) is 7.16. The predicted molar refractivity (Wildman–Crippen MR) is 132 cm³/mol. The number of para-hydroxylation sites is 1. The molecule has 8 heteroatoms. The molecule has 1 aromatic carbocycles. The third-order valence-corrected chi connectivity index (χ3v) is 8.84. The fourth-order valence-electron chi connectivity index (χ4n) is 5.55. The average molecular weight is 466 g/mol. The topological polar surface area (TPSA) is 78.3 Å². The highest BCUT2D eigenvalue weighted by atomic mass is 32.2. The molecule has 0 amide bonds. The zero-order valence-corrected chi connectivity index (χ0v) is 19.9. The number of rotatable bonds is 4. The van der Waals surface area contributed by atoms with Crippen molar-refractivity contribution in [3.63, 3.8) is 0 Å². The zero-order valence-electron chi connectivity index (χ0n) is 19.1. The first kappa shape index (κ1) is 21.3. The highest BCUT2D eigenvalue weighted by molar-refractivity contribution is 7.91. The Bertz CT molecular complexity index is 1150. The number of fused-ring (bicyclic) bond motifs is 2. The van der Waals surface area contributed by atoms with Crippen LogP contribution >= 0.6 is 0 Å². The molecule has 2 aromatic heterocycles. The van der Waals surface area contributed by atoms with Gasteiger partial charge in [0.15, 0.2) is 5.82 Å². The van der Waals surface area contributed by atoms with Gasteiger partial charge >= 0.3 is 0 Å². The van der Waals surface area contributed by atoms with Crippen LogP contribution in [0.15, 0.2) is 35.4 Å². The van der Waals surface area contributed by atoms with Crippen molar-refractivity contribution in [1.29, 1.82) is 0 Å². The van der Waals surface area contributed by atoms with Crippen molar-refractivity contribution in [2.24, 2.45) is 7.05 Å². The van der Waals surface area contributed by atoms with E-state index in [0.717, 1.165) is 80.8 Å². The van der Waals surface area contributed by atoms with Crippen LogP contribution in [0.5, 0.6) is 0 Å². The molecule has 3 aliphatic heterocycles. The lowest BCUT2D eigenvalue weighted by molar-refractivity contribution is 0.0903. The van der Waals surface area contributed by atoms with E-state index in [1.165, 1.54) is 16.5 Å². The predicted octanol–water partition coefficient (Wildman–Crippen LogP) is 3.61. The SMILES string of the molecule is Cn1cc(C2CCN(c3nc4c(c(NC5CCOCC5)n3)[S+]([O-])CC4)CC2)c2ccccc21. The Kier molecular flexibility index (Phi) is 5.68. The number of hydrogen-bond acceptors (Lipinski definition) is 6. The van der Waals surface area contributed by atoms with Gasteiger partial charge in [-0.15, -0.1) is 0 Å². The van der Waals surface area contributed by atoms with Gasteiger partial charge in [-0.1, -0.05) is 18.2 Å². The number of aryl methyl sites for hydroxylation is 2. The summed E-state index contributed by atoms with van der Waals surface area (Å²) < 4.78 is 20.4. The van der Waals surface area contributed by atoms with E-state index >= 15 is 0 Å². The van der Waals surface area contributed by atoms with E-state index in [2.05, 4.69) is 52.3 Å². The number of anilines is 2. The van der Waals surface area contributed by atoms with Crippen molar-refractivity contribution >= 4 is 33.8 Å². The standard InChI is InChI=1S/C25H31N5O2S/c1-29-16-20(19-4-2-3-5-22(19)29)17-6-11-30(12-7-17)25-27-21-10-15-33(31)23(21)24(28-25)26-18-8-13-32-14-9-18/h2-5,16-18H,6-15H2,1H3,(H,26,27,28). The lowest BCUT2D eigenvalue weighted by atomic mass is 9.89. The first-order valence-corrected chi connectivity index (χ1v) is 13.4. The number of piperidine rings is 1. The van der Waals surface area contributed by atoms with Crippen LogP contribution in [0.4, 0.5) is 11.8 Å². The zero-order chi connectivity index (χ0) is 22.4. The number of ether oxygens (including phenoxy) is 1. The van der Waals surface area contributed by atoms with E-state index in [9.17, 15) is 4.55 Å². The molecule has 6 rings (SSSR count). The molecule has 2 fully saturated rings. The van der Waals surface area contributed by atoms with Gasteiger partial charge in [0, 0.05) is 62.9 Å². The van der Waals surface area contributed by atoms with Crippen LogP contribution in [-0.4, -0.2) is 57.2 Å². The molecular formula is C25H31N5O2S. The number of nitrogens with zero attached hydrogens (tertiary/aromatic N) is 4. The Morgan fingerprint density at radius 3 is 2.70 bits per heavy atom. The molecule has 7 nitrogen and oxygen atoms in total. The second-order valence-corrected chi connectivity index (χ2v) is 11.0. The Hall–Kier alpha value is -2.29. The quantitative estimate of drug-likeness (QED) is 0.593. The molecule has 33 heavy (non-hydrogen) atoms. The number of hydrogen-bond donors (Lipinski definition) is 1. The third-order valence-electron chi connectivity index (χ3n) is 7.38. The number of benzene rings is 1. The Balaban J connectivity index is 1.22. The molecule has 0 radical (unpaired) electrons. The van der Waals surface area contributed by atoms with Crippen LogP contribution in [0.3, 0.4) is 0 Å². The maximum atomic E-state index is 12.7. The van der Waals surface area contributed by atoms with Crippen molar-refractivity contribution in [1.82, 2.24) is 14.5 Å². The van der Waals surface area contributed by atoms with Crippen LogP contribution in [0, 0.1) is 0 Å². The molecule has 3 aliphatic rings. The summed E-state index contributed by atoms with van der Waals surface area (Å²) in [5, 5.41) is 4.97. The van der Waals surface area contributed by atoms with E-state index in [-0.39, 0.29) is 0 Å². The minimum absolute atomic E-state index is 0.320. The molecule has 3 aromatic rings. The summed E-state index contributed by atoms with van der Waals surface area (Å²) in [7, 11) is 2.14. The smallest absolute Gasteiger partial charge is 0.227 e. The molecular weight excluding hydrogens is 434 g/mol. The van der Waals surface area contributed by atoms with Crippen LogP contribution in [-0.2, 0) is 29.4 Å². The minimum atomic E-state index is -1.01. The van der Waals surface area contributed by atoms with E-state index in [4.69, 9.17) is 14.7 Å². The van der Waals surface area contributed by atoms with Gasteiger partial charge in [0.25, 0.3) is 0 Å². The summed E-state index contributed by atoms with van der Waals surface area (Å²) in [4.78, 5) is 13.0. The van der Waals surface area contributed by atoms with Gasteiger partial charge in [-0.2, -0.15) is 4.98 Å². The lowest BCUT2D eigenvalue weighted by Gasteiger charge is -2.32. The second kappa shape index (κ2) is 8.81. The van der Waals surface area contributed by atoms with Crippen molar-refractivity contribution in [2.75, 3.05) is 42.3 Å². The summed E-state index contributed by atoms with van der Waals surface area (Å²) in [5.41, 5.74) is 3.72. The molecule has 1 unspecified atom stereocenters. The first-order chi connectivity index (χ1) is 16.2. The molecule has 0 saturated carbocycles. The molecule has 0 bridgehead atoms. The normalized spacial score (nSPS) is 22.1. The Labute approximate surface area is 197 Å². The van der Waals surface area contributed by atoms with Gasteiger partial charge in [-0.25, -0.2) is 4.98 Å². The van der Waals surface area contributed by atoms with Crippen molar-refractivity contribution in [3.05, 3.63) is 41.7 Å². The largest absolute Gasteiger partial charge is 0.611 e. The van der Waals surface area contributed by atoms with Crippen molar-refractivity contribution < 1.29 is 9.29 Å². The second-order valence-electron chi connectivity index (χ2n) is 9.45. The van der Waals surface area contributed by atoms with Crippen molar-refractivity contribution in [3.8, 4) is 0 Å².